The Morgan fingerprint density at radius 3 is 2.56 bits per heavy atom. The van der Waals surface area contributed by atoms with Gasteiger partial charge in [0.25, 0.3) is 5.91 Å². The average Bonchev–Trinajstić information content (AvgIpc) is 2.60. The first-order valence-corrected chi connectivity index (χ1v) is 8.57. The van der Waals surface area contributed by atoms with E-state index in [1.165, 1.54) is 7.11 Å². The smallest absolute Gasteiger partial charge is 0.255 e. The Balaban J connectivity index is 2.13. The zero-order chi connectivity index (χ0) is 18.4. The summed E-state index contributed by atoms with van der Waals surface area (Å²) >= 11 is 0. The van der Waals surface area contributed by atoms with Crippen molar-refractivity contribution in [2.45, 2.75) is 26.2 Å². The quantitative estimate of drug-likeness (QED) is 0.679. The van der Waals surface area contributed by atoms with Crippen LogP contribution in [0.4, 0.5) is 5.69 Å². The van der Waals surface area contributed by atoms with E-state index in [2.05, 4.69) is 36.5 Å². The Kier molecular flexibility index (Phi) is 6.64. The molecular weight excluding hydrogens is 322 g/mol. The zero-order valence-corrected chi connectivity index (χ0v) is 15.5. The number of anilines is 1. The van der Waals surface area contributed by atoms with Crippen molar-refractivity contribution in [3.63, 3.8) is 0 Å². The minimum Gasteiger partial charge on any atom is -0.494 e. The van der Waals surface area contributed by atoms with Gasteiger partial charge in [-0.1, -0.05) is 20.8 Å². The molecule has 3 N–H and O–H groups in total. The highest BCUT2D eigenvalue weighted by Gasteiger charge is 2.23. The van der Waals surface area contributed by atoms with Crippen molar-refractivity contribution >= 4 is 11.6 Å². The van der Waals surface area contributed by atoms with E-state index in [1.54, 1.807) is 6.07 Å². The largest absolute Gasteiger partial charge is 0.494 e. The summed E-state index contributed by atoms with van der Waals surface area (Å²) in [5, 5.41) is 12.4. The number of morpholine rings is 1. The van der Waals surface area contributed by atoms with Crippen LogP contribution in [0.15, 0.2) is 12.1 Å². The van der Waals surface area contributed by atoms with Gasteiger partial charge in [0.05, 0.1) is 25.9 Å². The molecule has 1 fully saturated rings. The molecule has 0 radical (unpaired) electrons. The van der Waals surface area contributed by atoms with Crippen LogP contribution < -0.4 is 15.5 Å². The summed E-state index contributed by atoms with van der Waals surface area (Å²) in [6, 6.07) is 3.62. The third-order valence-electron chi connectivity index (χ3n) is 4.34. The van der Waals surface area contributed by atoms with Crippen LogP contribution in [-0.4, -0.2) is 62.5 Å². The van der Waals surface area contributed by atoms with E-state index in [4.69, 9.17) is 9.47 Å². The summed E-state index contributed by atoms with van der Waals surface area (Å²) in [6.45, 7) is 10.7. The fraction of sp³-hybridized carbons (Fsp3) is 0.611. The van der Waals surface area contributed by atoms with E-state index in [1.807, 2.05) is 6.07 Å². The maximum absolute atomic E-state index is 12.7. The maximum Gasteiger partial charge on any atom is 0.255 e. The van der Waals surface area contributed by atoms with E-state index in [9.17, 15) is 10.0 Å². The van der Waals surface area contributed by atoms with Crippen LogP contribution in [0.3, 0.4) is 0 Å². The first-order valence-electron chi connectivity index (χ1n) is 8.57. The number of amides is 1. The van der Waals surface area contributed by atoms with Gasteiger partial charge in [-0.15, -0.1) is 0 Å². The van der Waals surface area contributed by atoms with Gasteiger partial charge in [-0.2, -0.15) is 0 Å². The Morgan fingerprint density at radius 1 is 1.32 bits per heavy atom. The Bertz CT molecular complexity index is 593. The van der Waals surface area contributed by atoms with Crippen LogP contribution >= 0.6 is 0 Å². The predicted octanol–water partition coefficient (Wildman–Crippen LogP) is 1.86. The number of benzene rings is 1. The lowest BCUT2D eigenvalue weighted by molar-refractivity contribution is 0.0383. The van der Waals surface area contributed by atoms with Crippen LogP contribution in [0.1, 0.15) is 36.7 Å². The molecule has 0 aromatic heterocycles. The predicted molar refractivity (Wildman–Crippen MR) is 96.7 cm³/mol. The Morgan fingerprint density at radius 2 is 2.00 bits per heavy atom. The number of nitrogens with one attached hydrogen (secondary N) is 2. The van der Waals surface area contributed by atoms with Gasteiger partial charge in [-0.05, 0) is 23.1 Å². The van der Waals surface area contributed by atoms with Crippen LogP contribution in [0.25, 0.3) is 0 Å². The summed E-state index contributed by atoms with van der Waals surface area (Å²) in [5.41, 5.74) is 3.70. The van der Waals surface area contributed by atoms with Gasteiger partial charge >= 0.3 is 0 Å². The molecule has 1 aromatic rings. The maximum atomic E-state index is 12.7. The van der Waals surface area contributed by atoms with Crippen molar-refractivity contribution in [3.05, 3.63) is 23.3 Å². The van der Waals surface area contributed by atoms with Crippen molar-refractivity contribution in [2.24, 2.45) is 0 Å². The second-order valence-corrected chi connectivity index (χ2v) is 7.18. The molecule has 1 aliphatic rings. The average molecular weight is 351 g/mol. The van der Waals surface area contributed by atoms with Gasteiger partial charge in [0.2, 0.25) is 0 Å². The highest BCUT2D eigenvalue weighted by Crippen LogP contribution is 2.34. The van der Waals surface area contributed by atoms with E-state index in [0.29, 0.717) is 23.5 Å². The second-order valence-electron chi connectivity index (χ2n) is 7.18. The van der Waals surface area contributed by atoms with E-state index in [0.717, 1.165) is 38.4 Å². The monoisotopic (exact) mass is 351 g/mol. The number of ether oxygens (including phenoxy) is 2. The minimum atomic E-state index is -0.215. The Labute approximate surface area is 149 Å². The SMILES string of the molecule is COc1c(NO)cc(C(C)(C)C)cc1C(=O)NCCN1CCOCC1. The molecule has 0 unspecified atom stereocenters. The summed E-state index contributed by atoms with van der Waals surface area (Å²) in [4.78, 5) is 14.9. The van der Waals surface area contributed by atoms with E-state index in [-0.39, 0.29) is 11.3 Å². The number of nitrogens with zero attached hydrogens (tertiary/aromatic N) is 1. The molecule has 0 spiro atoms. The van der Waals surface area contributed by atoms with Crippen molar-refractivity contribution < 1.29 is 19.5 Å². The molecule has 1 saturated heterocycles. The molecule has 1 aromatic carbocycles. The molecule has 25 heavy (non-hydrogen) atoms. The fourth-order valence-corrected chi connectivity index (χ4v) is 2.78. The summed E-state index contributed by atoms with van der Waals surface area (Å²) in [6.07, 6.45) is 0. The molecule has 7 nitrogen and oxygen atoms in total. The molecule has 0 bridgehead atoms. The molecule has 0 atom stereocenters. The van der Waals surface area contributed by atoms with Crippen molar-refractivity contribution in [1.29, 1.82) is 0 Å². The van der Waals surface area contributed by atoms with Crippen molar-refractivity contribution in [3.8, 4) is 5.75 Å². The topological polar surface area (TPSA) is 83.1 Å². The third kappa shape index (κ3) is 5.07. The lowest BCUT2D eigenvalue weighted by Crippen LogP contribution is -2.41. The van der Waals surface area contributed by atoms with Gasteiger partial charge in [-0.3, -0.25) is 20.4 Å². The summed E-state index contributed by atoms with van der Waals surface area (Å²) < 4.78 is 10.7. The zero-order valence-electron chi connectivity index (χ0n) is 15.5. The molecule has 0 aliphatic carbocycles. The molecule has 0 saturated carbocycles. The van der Waals surface area contributed by atoms with E-state index < -0.39 is 0 Å². The minimum absolute atomic E-state index is 0.166. The lowest BCUT2D eigenvalue weighted by Gasteiger charge is -2.26. The molecule has 1 amide bonds. The first kappa shape index (κ1) is 19.5. The summed E-state index contributed by atoms with van der Waals surface area (Å²) in [7, 11) is 1.48. The molecular formula is C18H29N3O4. The first-order chi connectivity index (χ1) is 11.9. The van der Waals surface area contributed by atoms with Gasteiger partial charge < -0.3 is 14.8 Å². The fourth-order valence-electron chi connectivity index (χ4n) is 2.78. The van der Waals surface area contributed by atoms with Crippen molar-refractivity contribution in [1.82, 2.24) is 10.2 Å². The molecule has 1 heterocycles. The number of carbonyl (C=O) groups is 1. The number of carbonyl (C=O) groups excluding carboxylic acids is 1. The van der Waals surface area contributed by atoms with Gasteiger partial charge in [-0.25, -0.2) is 0 Å². The van der Waals surface area contributed by atoms with Crippen LogP contribution in [-0.2, 0) is 10.2 Å². The highest BCUT2D eigenvalue weighted by molar-refractivity contribution is 5.99. The number of hydrogen-bond acceptors (Lipinski definition) is 6. The second kappa shape index (κ2) is 8.51. The summed E-state index contributed by atoms with van der Waals surface area (Å²) in [5.74, 6) is 0.118. The van der Waals surface area contributed by atoms with Crippen LogP contribution in [0.5, 0.6) is 5.75 Å². The molecule has 1 aliphatic heterocycles. The molecule has 2 rings (SSSR count). The number of rotatable bonds is 6. The Hall–Kier alpha value is -1.83. The van der Waals surface area contributed by atoms with E-state index >= 15 is 0 Å². The molecule has 140 valence electrons. The number of methoxy groups -OCH3 is 1. The van der Waals surface area contributed by atoms with Crippen LogP contribution in [0, 0.1) is 0 Å². The van der Waals surface area contributed by atoms with Crippen molar-refractivity contribution in [2.75, 3.05) is 52.0 Å². The molecule has 7 heteroatoms. The normalized spacial score (nSPS) is 15.7. The highest BCUT2D eigenvalue weighted by atomic mass is 16.5. The standard InChI is InChI=1S/C18H29N3O4/c1-18(2,3)13-11-14(16(24-4)15(12-13)20-23)17(22)19-5-6-21-7-9-25-10-8-21/h11-12,20,23H,5-10H2,1-4H3,(H,19,22). The lowest BCUT2D eigenvalue weighted by atomic mass is 9.85. The number of hydrogen-bond donors (Lipinski definition) is 3. The van der Waals surface area contributed by atoms with Gasteiger partial charge in [0.1, 0.15) is 5.69 Å². The van der Waals surface area contributed by atoms with Gasteiger partial charge in [0, 0.05) is 26.2 Å². The van der Waals surface area contributed by atoms with Crippen LogP contribution in [0.2, 0.25) is 0 Å². The third-order valence-corrected chi connectivity index (χ3v) is 4.34. The van der Waals surface area contributed by atoms with Gasteiger partial charge in [0.15, 0.2) is 5.75 Å².